The summed E-state index contributed by atoms with van der Waals surface area (Å²) < 4.78 is 54.7. The lowest BCUT2D eigenvalue weighted by Crippen LogP contribution is -2.45. The van der Waals surface area contributed by atoms with E-state index in [0.29, 0.717) is 23.1 Å². The zero-order chi connectivity index (χ0) is 15.5. The van der Waals surface area contributed by atoms with E-state index in [4.69, 9.17) is 0 Å². The minimum atomic E-state index is -4.77. The Bertz CT molecular complexity index is 484. The molecule has 2 rings (SSSR count). The van der Waals surface area contributed by atoms with Crippen LogP contribution in [0.15, 0.2) is 22.7 Å². The molecule has 9 heteroatoms. The fourth-order valence-corrected chi connectivity index (χ4v) is 2.85. The van der Waals surface area contributed by atoms with Crippen molar-refractivity contribution in [3.05, 3.63) is 28.2 Å². The highest BCUT2D eigenvalue weighted by molar-refractivity contribution is 9.10. The number of rotatable bonds is 4. The number of alkyl halides is 4. The molecule has 0 unspecified atom stereocenters. The van der Waals surface area contributed by atoms with Crippen molar-refractivity contribution >= 4 is 28.3 Å². The second-order valence-corrected chi connectivity index (χ2v) is 5.64. The molecule has 0 amide bonds. The van der Waals surface area contributed by atoms with Crippen LogP contribution in [0.5, 0.6) is 5.75 Å². The maximum absolute atomic E-state index is 13.4. The molecule has 1 aromatic rings. The van der Waals surface area contributed by atoms with E-state index in [1.54, 1.807) is 6.07 Å². The van der Waals surface area contributed by atoms with Gasteiger partial charge in [0.15, 0.2) is 0 Å². The largest absolute Gasteiger partial charge is 0.573 e. The first-order chi connectivity index (χ1) is 9.89. The van der Waals surface area contributed by atoms with Crippen molar-refractivity contribution in [1.82, 2.24) is 10.2 Å². The molecule has 1 aliphatic rings. The monoisotopic (exact) mass is 406 g/mol. The predicted octanol–water partition coefficient (Wildman–Crippen LogP) is 3.69. The van der Waals surface area contributed by atoms with E-state index < -0.39 is 19.1 Å². The first-order valence-corrected chi connectivity index (χ1v) is 7.25. The van der Waals surface area contributed by atoms with Gasteiger partial charge in [0.25, 0.3) is 0 Å². The Labute approximate surface area is 140 Å². The minimum Gasteiger partial charge on any atom is -0.406 e. The number of piperazine rings is 1. The lowest BCUT2D eigenvalue weighted by atomic mass is 10.1. The highest BCUT2D eigenvalue weighted by atomic mass is 79.9. The average molecular weight is 408 g/mol. The number of benzene rings is 1. The molecule has 0 spiro atoms. The van der Waals surface area contributed by atoms with E-state index in [-0.39, 0.29) is 18.2 Å². The van der Waals surface area contributed by atoms with E-state index in [9.17, 15) is 17.6 Å². The summed E-state index contributed by atoms with van der Waals surface area (Å²) in [6.07, 6.45) is -4.77. The summed E-state index contributed by atoms with van der Waals surface area (Å²) in [5, 5.41) is 3.15. The van der Waals surface area contributed by atoms with Gasteiger partial charge in [0.1, 0.15) is 12.4 Å². The van der Waals surface area contributed by atoms with E-state index >= 15 is 0 Å². The third-order valence-corrected chi connectivity index (χ3v) is 3.71. The normalized spacial score (nSPS) is 17.7. The molecule has 1 aromatic carbocycles. The van der Waals surface area contributed by atoms with E-state index in [0.717, 1.165) is 13.1 Å². The molecule has 1 saturated heterocycles. The number of halogens is 6. The average Bonchev–Trinajstić information content (AvgIpc) is 2.38. The summed E-state index contributed by atoms with van der Waals surface area (Å²) >= 11 is 3.14. The number of hydrogen-bond acceptors (Lipinski definition) is 3. The van der Waals surface area contributed by atoms with Gasteiger partial charge in [0, 0.05) is 30.7 Å². The number of nitrogens with zero attached hydrogens (tertiary/aromatic N) is 1. The summed E-state index contributed by atoms with van der Waals surface area (Å²) in [5.41, 5.74) is 0.466. The van der Waals surface area contributed by atoms with Crippen LogP contribution in [0.25, 0.3) is 0 Å². The van der Waals surface area contributed by atoms with Gasteiger partial charge in [-0.3, -0.25) is 4.90 Å². The van der Waals surface area contributed by atoms with Crippen LogP contribution in [-0.2, 0) is 0 Å². The van der Waals surface area contributed by atoms with E-state index in [1.165, 1.54) is 12.1 Å². The second-order valence-electron chi connectivity index (χ2n) is 4.72. The second kappa shape index (κ2) is 8.33. The number of ether oxygens (including phenoxy) is 1. The summed E-state index contributed by atoms with van der Waals surface area (Å²) in [7, 11) is 0. The zero-order valence-corrected chi connectivity index (χ0v) is 13.9. The van der Waals surface area contributed by atoms with Gasteiger partial charge in [-0.2, -0.15) is 0 Å². The topological polar surface area (TPSA) is 24.5 Å². The Morgan fingerprint density at radius 3 is 2.41 bits per heavy atom. The smallest absolute Gasteiger partial charge is 0.406 e. The van der Waals surface area contributed by atoms with Crippen molar-refractivity contribution in [2.75, 3.05) is 32.9 Å². The molecule has 0 radical (unpaired) electrons. The van der Waals surface area contributed by atoms with Gasteiger partial charge in [-0.15, -0.1) is 25.6 Å². The molecule has 126 valence electrons. The molecule has 0 aliphatic carbocycles. The number of hydrogen-bond donors (Lipinski definition) is 1. The molecule has 0 saturated carbocycles. The van der Waals surface area contributed by atoms with Crippen LogP contribution in [0.1, 0.15) is 11.6 Å². The lowest BCUT2D eigenvalue weighted by Gasteiger charge is -2.33. The number of nitrogens with one attached hydrogen (secondary N) is 1. The Hall–Kier alpha value is -0.570. The summed E-state index contributed by atoms with van der Waals surface area (Å²) in [5.74, 6) is -0.347. The van der Waals surface area contributed by atoms with Gasteiger partial charge in [-0.25, -0.2) is 4.39 Å². The van der Waals surface area contributed by atoms with Crippen molar-refractivity contribution in [2.45, 2.75) is 12.4 Å². The first-order valence-electron chi connectivity index (χ1n) is 6.46. The van der Waals surface area contributed by atoms with Crippen LogP contribution >= 0.6 is 28.3 Å². The molecule has 0 aromatic heterocycles. The van der Waals surface area contributed by atoms with Crippen molar-refractivity contribution in [3.8, 4) is 5.75 Å². The van der Waals surface area contributed by atoms with Crippen LogP contribution in [-0.4, -0.2) is 44.1 Å². The predicted molar refractivity (Wildman–Crippen MR) is 81.2 cm³/mol. The Balaban J connectivity index is 0.00000242. The molecule has 22 heavy (non-hydrogen) atoms. The van der Waals surface area contributed by atoms with Gasteiger partial charge >= 0.3 is 6.36 Å². The SMILES string of the molecule is Cl.FC[C@H](c1cc(Br)cc(OC(F)(F)F)c1)N1CCNCC1. The van der Waals surface area contributed by atoms with Crippen molar-refractivity contribution < 1.29 is 22.3 Å². The molecule has 3 nitrogen and oxygen atoms in total. The van der Waals surface area contributed by atoms with Crippen molar-refractivity contribution in [3.63, 3.8) is 0 Å². The third kappa shape index (κ3) is 5.57. The highest BCUT2D eigenvalue weighted by Gasteiger charge is 2.32. The fourth-order valence-electron chi connectivity index (χ4n) is 2.36. The molecule has 1 aliphatic heterocycles. The van der Waals surface area contributed by atoms with Gasteiger partial charge in [0.05, 0.1) is 6.04 Å². The van der Waals surface area contributed by atoms with E-state index in [1.807, 2.05) is 4.90 Å². The molecular weight excluding hydrogens is 392 g/mol. The van der Waals surface area contributed by atoms with Gasteiger partial charge in [-0.05, 0) is 23.8 Å². The van der Waals surface area contributed by atoms with Gasteiger partial charge in [0.2, 0.25) is 0 Å². The molecule has 1 fully saturated rings. The summed E-state index contributed by atoms with van der Waals surface area (Å²) in [6, 6.07) is 3.50. The summed E-state index contributed by atoms with van der Waals surface area (Å²) in [6.45, 7) is 2.10. The van der Waals surface area contributed by atoms with Crippen LogP contribution in [0, 0.1) is 0 Å². The quantitative estimate of drug-likeness (QED) is 0.771. The fraction of sp³-hybridized carbons (Fsp3) is 0.538. The van der Waals surface area contributed by atoms with Crippen LogP contribution in [0.2, 0.25) is 0 Å². The first kappa shape index (κ1) is 19.5. The van der Waals surface area contributed by atoms with Crippen molar-refractivity contribution in [1.29, 1.82) is 0 Å². The van der Waals surface area contributed by atoms with Crippen molar-refractivity contribution in [2.24, 2.45) is 0 Å². The van der Waals surface area contributed by atoms with E-state index in [2.05, 4.69) is 26.0 Å². The standard InChI is InChI=1S/C13H15BrF4N2O.ClH/c14-10-5-9(6-11(7-10)21-13(16,17)18)12(8-15)20-3-1-19-2-4-20;/h5-7,12,19H,1-4,8H2;1H/t12-;/m1./s1. The molecule has 0 bridgehead atoms. The maximum atomic E-state index is 13.4. The highest BCUT2D eigenvalue weighted by Crippen LogP contribution is 2.31. The van der Waals surface area contributed by atoms with Gasteiger partial charge < -0.3 is 10.1 Å². The van der Waals surface area contributed by atoms with Gasteiger partial charge in [-0.1, -0.05) is 15.9 Å². The maximum Gasteiger partial charge on any atom is 0.573 e. The lowest BCUT2D eigenvalue weighted by molar-refractivity contribution is -0.274. The van der Waals surface area contributed by atoms with Crippen LogP contribution in [0.3, 0.4) is 0 Å². The molecule has 1 atom stereocenters. The Kier molecular flexibility index (Phi) is 7.37. The summed E-state index contributed by atoms with van der Waals surface area (Å²) in [4.78, 5) is 1.91. The Morgan fingerprint density at radius 2 is 1.86 bits per heavy atom. The third-order valence-electron chi connectivity index (χ3n) is 3.25. The molecular formula is C13H16BrClF4N2O. The van der Waals surface area contributed by atoms with Crippen LogP contribution in [0.4, 0.5) is 17.6 Å². The molecule has 1 heterocycles. The zero-order valence-electron chi connectivity index (χ0n) is 11.5. The van der Waals surface area contributed by atoms with Crippen LogP contribution < -0.4 is 10.1 Å². The Morgan fingerprint density at radius 1 is 1.23 bits per heavy atom. The molecule has 1 N–H and O–H groups in total. The minimum absolute atomic E-state index is 0.